The molecule has 0 aliphatic carbocycles. The topological polar surface area (TPSA) is 36.4 Å². The number of aliphatic hydroxyl groups is 1. The van der Waals surface area contributed by atoms with Crippen molar-refractivity contribution in [1.29, 1.82) is 0 Å². The van der Waals surface area contributed by atoms with Crippen LogP contribution in [0, 0.1) is 0 Å². The minimum Gasteiger partial charge on any atom is -0.392 e. The summed E-state index contributed by atoms with van der Waals surface area (Å²) in [6.45, 7) is 4.37. The molecule has 1 unspecified atom stereocenters. The fourth-order valence-corrected chi connectivity index (χ4v) is 2.94. The third kappa shape index (κ3) is 2.18. The van der Waals surface area contributed by atoms with Crippen LogP contribution in [0.25, 0.3) is 0 Å². The zero-order valence-electron chi connectivity index (χ0n) is 12.0. The lowest BCUT2D eigenvalue weighted by Crippen LogP contribution is -2.25. The largest absolute Gasteiger partial charge is 0.392 e. The maximum atomic E-state index is 9.44. The van der Waals surface area contributed by atoms with Crippen molar-refractivity contribution < 1.29 is 5.11 Å². The number of fused-ring (bicyclic) bond motifs is 1. The third-order valence-electron chi connectivity index (χ3n) is 3.92. The van der Waals surface area contributed by atoms with Gasteiger partial charge < -0.3 is 10.0 Å². The highest BCUT2D eigenvalue weighted by molar-refractivity contribution is 5.69. The molecule has 104 valence electrons. The Hall–Kier alpha value is -1.87. The summed E-state index contributed by atoms with van der Waals surface area (Å²) in [6.07, 6.45) is 1.92. The van der Waals surface area contributed by atoms with Crippen molar-refractivity contribution >= 4 is 11.5 Å². The van der Waals surface area contributed by atoms with Crippen molar-refractivity contribution in [3.8, 4) is 0 Å². The molecule has 1 aliphatic heterocycles. The van der Waals surface area contributed by atoms with E-state index in [9.17, 15) is 5.11 Å². The van der Waals surface area contributed by atoms with Crippen LogP contribution >= 0.6 is 0 Å². The highest BCUT2D eigenvalue weighted by Gasteiger charge is 2.27. The summed E-state index contributed by atoms with van der Waals surface area (Å²) in [5.74, 6) is 0.950. The van der Waals surface area contributed by atoms with Crippen molar-refractivity contribution in [1.82, 2.24) is 4.98 Å². The molecule has 1 aromatic carbocycles. The van der Waals surface area contributed by atoms with Crippen LogP contribution in [0.2, 0.25) is 0 Å². The standard InChI is InChI=1S/C17H20N2O/c1-3-15-9-13(11-20)10-17(18-15)19-12(2)8-14-6-4-5-7-16(14)19/h4-7,9-10,12,20H,3,8,11H2,1-2H3. The Morgan fingerprint density at radius 1 is 1.30 bits per heavy atom. The highest BCUT2D eigenvalue weighted by atomic mass is 16.3. The van der Waals surface area contributed by atoms with Crippen LogP contribution in [0.3, 0.4) is 0 Å². The van der Waals surface area contributed by atoms with E-state index in [1.165, 1.54) is 11.3 Å². The van der Waals surface area contributed by atoms with E-state index < -0.39 is 0 Å². The maximum absolute atomic E-state index is 9.44. The molecule has 0 saturated heterocycles. The summed E-state index contributed by atoms with van der Waals surface area (Å²) in [6, 6.07) is 12.9. The van der Waals surface area contributed by atoms with Crippen molar-refractivity contribution in [2.75, 3.05) is 4.90 Å². The minimum absolute atomic E-state index is 0.0619. The molecule has 2 aromatic rings. The summed E-state index contributed by atoms with van der Waals surface area (Å²) in [4.78, 5) is 7.03. The summed E-state index contributed by atoms with van der Waals surface area (Å²) >= 11 is 0. The van der Waals surface area contributed by atoms with Gasteiger partial charge in [0.1, 0.15) is 5.82 Å². The van der Waals surface area contributed by atoms with Crippen molar-refractivity contribution in [2.24, 2.45) is 0 Å². The first kappa shape index (κ1) is 13.1. The molecule has 1 aromatic heterocycles. The van der Waals surface area contributed by atoms with Crippen molar-refractivity contribution in [3.05, 3.63) is 53.2 Å². The minimum atomic E-state index is 0.0619. The number of hydrogen-bond acceptors (Lipinski definition) is 3. The second-order valence-corrected chi connectivity index (χ2v) is 5.39. The van der Waals surface area contributed by atoms with E-state index in [0.29, 0.717) is 6.04 Å². The predicted molar refractivity (Wildman–Crippen MR) is 81.3 cm³/mol. The van der Waals surface area contributed by atoms with Crippen LogP contribution in [-0.4, -0.2) is 16.1 Å². The van der Waals surface area contributed by atoms with Gasteiger partial charge in [-0.1, -0.05) is 25.1 Å². The van der Waals surface area contributed by atoms with Gasteiger partial charge in [0, 0.05) is 17.4 Å². The number of anilines is 2. The molecule has 1 N–H and O–H groups in total. The molecular formula is C17H20N2O. The van der Waals surface area contributed by atoms with Gasteiger partial charge in [-0.3, -0.25) is 0 Å². The molecule has 0 saturated carbocycles. The summed E-state index contributed by atoms with van der Waals surface area (Å²) in [7, 11) is 0. The average molecular weight is 268 g/mol. The highest BCUT2D eigenvalue weighted by Crippen LogP contribution is 2.37. The fourth-order valence-electron chi connectivity index (χ4n) is 2.94. The molecule has 20 heavy (non-hydrogen) atoms. The quantitative estimate of drug-likeness (QED) is 0.928. The average Bonchev–Trinajstić information content (AvgIpc) is 2.82. The Morgan fingerprint density at radius 3 is 2.85 bits per heavy atom. The molecular weight excluding hydrogens is 248 g/mol. The first-order chi connectivity index (χ1) is 9.72. The van der Waals surface area contributed by atoms with Crippen LogP contribution in [0.4, 0.5) is 11.5 Å². The molecule has 1 aliphatic rings. The van der Waals surface area contributed by atoms with E-state index in [1.807, 2.05) is 12.1 Å². The zero-order chi connectivity index (χ0) is 14.1. The lowest BCUT2D eigenvalue weighted by atomic mass is 10.1. The summed E-state index contributed by atoms with van der Waals surface area (Å²) in [5, 5.41) is 9.44. The second-order valence-electron chi connectivity index (χ2n) is 5.39. The summed E-state index contributed by atoms with van der Waals surface area (Å²) in [5.41, 5.74) is 4.57. The number of pyridine rings is 1. The molecule has 0 radical (unpaired) electrons. The molecule has 3 heteroatoms. The number of hydrogen-bond donors (Lipinski definition) is 1. The fraction of sp³-hybridized carbons (Fsp3) is 0.353. The van der Waals surface area contributed by atoms with Gasteiger partial charge in [0.15, 0.2) is 0 Å². The van der Waals surface area contributed by atoms with Gasteiger partial charge in [-0.05, 0) is 49.1 Å². The lowest BCUT2D eigenvalue weighted by Gasteiger charge is -2.25. The number of aromatic nitrogens is 1. The van der Waals surface area contributed by atoms with Crippen LogP contribution in [-0.2, 0) is 19.4 Å². The van der Waals surface area contributed by atoms with E-state index in [-0.39, 0.29) is 6.61 Å². The molecule has 1 atom stereocenters. The second kappa shape index (κ2) is 5.25. The van der Waals surface area contributed by atoms with Gasteiger partial charge in [-0.2, -0.15) is 0 Å². The van der Waals surface area contributed by atoms with Gasteiger partial charge in [0.25, 0.3) is 0 Å². The molecule has 0 fully saturated rings. The van der Waals surface area contributed by atoms with Crippen molar-refractivity contribution in [2.45, 2.75) is 39.3 Å². The van der Waals surface area contributed by atoms with Gasteiger partial charge in [0.2, 0.25) is 0 Å². The maximum Gasteiger partial charge on any atom is 0.133 e. The molecule has 2 heterocycles. The molecule has 0 spiro atoms. The monoisotopic (exact) mass is 268 g/mol. The van der Waals surface area contributed by atoms with E-state index in [4.69, 9.17) is 4.98 Å². The van der Waals surface area contributed by atoms with Gasteiger partial charge in [-0.25, -0.2) is 4.98 Å². The number of para-hydroxylation sites is 1. The van der Waals surface area contributed by atoms with Crippen LogP contribution < -0.4 is 4.90 Å². The van der Waals surface area contributed by atoms with Gasteiger partial charge in [0.05, 0.1) is 6.61 Å². The number of aryl methyl sites for hydroxylation is 1. The Morgan fingerprint density at radius 2 is 2.10 bits per heavy atom. The smallest absolute Gasteiger partial charge is 0.133 e. The Kier molecular flexibility index (Phi) is 3.45. The van der Waals surface area contributed by atoms with Crippen LogP contribution in [0.5, 0.6) is 0 Å². The lowest BCUT2D eigenvalue weighted by molar-refractivity contribution is 0.281. The molecule has 3 nitrogen and oxygen atoms in total. The predicted octanol–water partition coefficient (Wildman–Crippen LogP) is 3.22. The number of aliphatic hydroxyl groups excluding tert-OH is 1. The zero-order valence-corrected chi connectivity index (χ0v) is 12.0. The number of rotatable bonds is 3. The molecule has 0 bridgehead atoms. The Bertz CT molecular complexity index is 602. The summed E-state index contributed by atoms with van der Waals surface area (Å²) < 4.78 is 0. The number of nitrogens with zero attached hydrogens (tertiary/aromatic N) is 2. The number of benzene rings is 1. The Balaban J connectivity index is 2.08. The van der Waals surface area contributed by atoms with Gasteiger partial charge >= 0.3 is 0 Å². The third-order valence-corrected chi connectivity index (χ3v) is 3.92. The van der Waals surface area contributed by atoms with Crippen LogP contribution in [0.15, 0.2) is 36.4 Å². The van der Waals surface area contributed by atoms with E-state index in [0.717, 1.165) is 29.9 Å². The molecule has 0 amide bonds. The van der Waals surface area contributed by atoms with Crippen LogP contribution in [0.1, 0.15) is 30.7 Å². The molecule has 3 rings (SSSR count). The van der Waals surface area contributed by atoms with E-state index in [2.05, 4.69) is 43.0 Å². The SMILES string of the molecule is CCc1cc(CO)cc(N2c3ccccc3CC2C)n1. The normalized spacial score (nSPS) is 17.4. The van der Waals surface area contributed by atoms with E-state index in [1.54, 1.807) is 0 Å². The van der Waals surface area contributed by atoms with Crippen molar-refractivity contribution in [3.63, 3.8) is 0 Å². The first-order valence-corrected chi connectivity index (χ1v) is 7.20. The van der Waals surface area contributed by atoms with E-state index >= 15 is 0 Å². The van der Waals surface area contributed by atoms with Gasteiger partial charge in [-0.15, -0.1) is 0 Å². The Labute approximate surface area is 119 Å². The first-order valence-electron chi connectivity index (χ1n) is 7.20.